The Morgan fingerprint density at radius 3 is 2.64 bits per heavy atom. The molecule has 0 fully saturated rings. The number of ether oxygens (including phenoxy) is 1. The number of para-hydroxylation sites is 1. The number of carbonyl (C=O) groups is 2. The molecule has 3 rings (SSSR count). The molecule has 1 heterocycles. The number of nitrogens with one attached hydrogen (secondary N) is 2. The number of amides is 1. The summed E-state index contributed by atoms with van der Waals surface area (Å²) in [4.78, 5) is 32.8. The largest absolute Gasteiger partial charge is 0.465 e. The molecule has 0 radical (unpaired) electrons. The van der Waals surface area contributed by atoms with Crippen molar-refractivity contribution >= 4 is 40.8 Å². The van der Waals surface area contributed by atoms with Crippen LogP contribution in [-0.4, -0.2) is 29.0 Å². The van der Waals surface area contributed by atoms with Crippen molar-refractivity contribution in [2.24, 2.45) is 0 Å². The quantitative estimate of drug-likeness (QED) is 0.627. The molecule has 0 saturated heterocycles. The molecule has 1 amide bonds. The molecule has 28 heavy (non-hydrogen) atoms. The zero-order valence-electron chi connectivity index (χ0n) is 15.2. The van der Waals surface area contributed by atoms with E-state index in [1.54, 1.807) is 30.3 Å². The van der Waals surface area contributed by atoms with Crippen molar-refractivity contribution in [3.05, 3.63) is 76.6 Å². The second kappa shape index (κ2) is 8.49. The Hall–Kier alpha value is -3.45. The van der Waals surface area contributed by atoms with Gasteiger partial charge in [-0.3, -0.25) is 4.79 Å². The van der Waals surface area contributed by atoms with Gasteiger partial charge in [-0.05, 0) is 42.8 Å². The summed E-state index contributed by atoms with van der Waals surface area (Å²) in [6, 6.07) is 13.5. The number of benzene rings is 2. The summed E-state index contributed by atoms with van der Waals surface area (Å²) in [7, 11) is 1.28. The highest BCUT2D eigenvalue weighted by Crippen LogP contribution is 2.22. The molecule has 0 bridgehead atoms. The molecule has 2 aromatic carbocycles. The van der Waals surface area contributed by atoms with Crippen LogP contribution in [0.4, 0.5) is 17.3 Å². The summed E-state index contributed by atoms with van der Waals surface area (Å²) < 4.78 is 4.73. The van der Waals surface area contributed by atoms with Gasteiger partial charge >= 0.3 is 5.97 Å². The smallest absolute Gasteiger partial charge is 0.339 e. The molecule has 142 valence electrons. The zero-order valence-corrected chi connectivity index (χ0v) is 15.9. The Bertz CT molecular complexity index is 1040. The fraction of sp³-hybridized carbons (Fsp3) is 0.100. The molecule has 1 aromatic heterocycles. The molecule has 3 aromatic rings. The van der Waals surface area contributed by atoms with Crippen LogP contribution in [0.1, 0.15) is 26.4 Å². The first-order valence-electron chi connectivity index (χ1n) is 8.33. The summed E-state index contributed by atoms with van der Waals surface area (Å²) in [6.45, 7) is 1.90. The summed E-state index contributed by atoms with van der Waals surface area (Å²) >= 11 is 6.12. The van der Waals surface area contributed by atoms with Crippen molar-refractivity contribution in [3.63, 3.8) is 0 Å². The monoisotopic (exact) mass is 396 g/mol. The number of hydrogen-bond acceptors (Lipinski definition) is 6. The third-order valence-electron chi connectivity index (χ3n) is 3.90. The van der Waals surface area contributed by atoms with Gasteiger partial charge in [0.15, 0.2) is 0 Å². The van der Waals surface area contributed by atoms with Crippen molar-refractivity contribution in [1.29, 1.82) is 0 Å². The topological polar surface area (TPSA) is 93.2 Å². The summed E-state index contributed by atoms with van der Waals surface area (Å²) in [5.74, 6) is -0.783. The number of hydrogen-bond donors (Lipinski definition) is 2. The third kappa shape index (κ3) is 4.44. The lowest BCUT2D eigenvalue weighted by Gasteiger charge is -2.10. The molecule has 0 saturated carbocycles. The van der Waals surface area contributed by atoms with Crippen molar-refractivity contribution < 1.29 is 14.3 Å². The van der Waals surface area contributed by atoms with Gasteiger partial charge in [0.05, 0.1) is 18.4 Å². The minimum absolute atomic E-state index is 0.135. The number of halogens is 1. The number of anilines is 3. The van der Waals surface area contributed by atoms with E-state index >= 15 is 0 Å². The average Bonchev–Trinajstić information content (AvgIpc) is 2.71. The number of nitrogens with zero attached hydrogens (tertiary/aromatic N) is 2. The lowest BCUT2D eigenvalue weighted by Crippen LogP contribution is -2.17. The first kappa shape index (κ1) is 19.3. The van der Waals surface area contributed by atoms with E-state index in [1.807, 2.05) is 19.1 Å². The van der Waals surface area contributed by atoms with E-state index < -0.39 is 11.9 Å². The molecule has 0 aliphatic rings. The molecule has 0 spiro atoms. The maximum absolute atomic E-state index is 12.6. The van der Waals surface area contributed by atoms with E-state index in [0.717, 1.165) is 5.56 Å². The van der Waals surface area contributed by atoms with Gasteiger partial charge in [0.2, 0.25) is 5.95 Å². The van der Waals surface area contributed by atoms with Gasteiger partial charge in [0, 0.05) is 16.9 Å². The van der Waals surface area contributed by atoms with Crippen molar-refractivity contribution in [3.8, 4) is 0 Å². The van der Waals surface area contributed by atoms with Crippen molar-refractivity contribution in [1.82, 2.24) is 9.97 Å². The van der Waals surface area contributed by atoms with Crippen molar-refractivity contribution in [2.75, 3.05) is 17.7 Å². The number of aryl methyl sites for hydroxylation is 1. The highest BCUT2D eigenvalue weighted by atomic mass is 35.5. The van der Waals surface area contributed by atoms with Gasteiger partial charge in [0.1, 0.15) is 5.69 Å². The van der Waals surface area contributed by atoms with Crippen LogP contribution in [0.3, 0.4) is 0 Å². The van der Waals surface area contributed by atoms with E-state index in [-0.39, 0.29) is 17.2 Å². The van der Waals surface area contributed by atoms with Crippen LogP contribution >= 0.6 is 11.6 Å². The molecule has 2 N–H and O–H groups in total. The standard InChI is InChI=1S/C20H17ClN4O3/c1-12-7-8-13(11-15(12)21)23-20-22-10-9-17(25-20)18(26)24-16-6-4-3-5-14(16)19(27)28-2/h3-11H,1-2H3,(H,24,26)(H,22,23,25). The van der Waals surface area contributed by atoms with Crippen LogP contribution in [-0.2, 0) is 4.74 Å². The number of esters is 1. The minimum Gasteiger partial charge on any atom is -0.465 e. The maximum Gasteiger partial charge on any atom is 0.339 e. The summed E-state index contributed by atoms with van der Waals surface area (Å²) in [5, 5.41) is 6.29. The maximum atomic E-state index is 12.6. The van der Waals surface area contributed by atoms with Crippen LogP contribution in [0.25, 0.3) is 0 Å². The van der Waals surface area contributed by atoms with E-state index in [0.29, 0.717) is 16.4 Å². The minimum atomic E-state index is -0.544. The van der Waals surface area contributed by atoms with Gasteiger partial charge in [-0.1, -0.05) is 29.8 Å². The molecule has 7 nitrogen and oxygen atoms in total. The number of methoxy groups -OCH3 is 1. The second-order valence-electron chi connectivity index (χ2n) is 5.85. The first-order valence-corrected chi connectivity index (χ1v) is 8.70. The predicted octanol–water partition coefficient (Wildman–Crippen LogP) is 4.22. The van der Waals surface area contributed by atoms with Crippen LogP contribution in [0, 0.1) is 6.92 Å². The van der Waals surface area contributed by atoms with E-state index in [1.165, 1.54) is 19.4 Å². The predicted molar refractivity (Wildman–Crippen MR) is 107 cm³/mol. The fourth-order valence-corrected chi connectivity index (χ4v) is 2.59. The van der Waals surface area contributed by atoms with Gasteiger partial charge in [-0.2, -0.15) is 0 Å². The highest BCUT2D eigenvalue weighted by molar-refractivity contribution is 6.31. The second-order valence-corrected chi connectivity index (χ2v) is 6.25. The number of carbonyl (C=O) groups excluding carboxylic acids is 2. The lowest BCUT2D eigenvalue weighted by molar-refractivity contribution is 0.0602. The van der Waals surface area contributed by atoms with Crippen LogP contribution in [0.2, 0.25) is 5.02 Å². The van der Waals surface area contributed by atoms with Gasteiger partial charge in [-0.15, -0.1) is 0 Å². The SMILES string of the molecule is COC(=O)c1ccccc1NC(=O)c1ccnc(Nc2ccc(C)c(Cl)c2)n1. The van der Waals surface area contributed by atoms with Crippen LogP contribution in [0.5, 0.6) is 0 Å². The Morgan fingerprint density at radius 2 is 1.89 bits per heavy atom. The average molecular weight is 397 g/mol. The fourth-order valence-electron chi connectivity index (χ4n) is 2.41. The molecule has 8 heteroatoms. The molecular weight excluding hydrogens is 380 g/mol. The Morgan fingerprint density at radius 1 is 1.11 bits per heavy atom. The van der Waals surface area contributed by atoms with Gasteiger partial charge < -0.3 is 15.4 Å². The van der Waals surface area contributed by atoms with E-state index in [2.05, 4.69) is 20.6 Å². The lowest BCUT2D eigenvalue weighted by atomic mass is 10.1. The van der Waals surface area contributed by atoms with E-state index in [4.69, 9.17) is 16.3 Å². The first-order chi connectivity index (χ1) is 13.5. The van der Waals surface area contributed by atoms with Crippen LogP contribution < -0.4 is 10.6 Å². The molecule has 0 aliphatic carbocycles. The number of aromatic nitrogens is 2. The normalized spacial score (nSPS) is 10.2. The molecule has 0 atom stereocenters. The highest BCUT2D eigenvalue weighted by Gasteiger charge is 2.15. The van der Waals surface area contributed by atoms with Gasteiger partial charge in [-0.25, -0.2) is 14.8 Å². The molecule has 0 unspecified atom stereocenters. The third-order valence-corrected chi connectivity index (χ3v) is 4.30. The summed E-state index contributed by atoms with van der Waals surface area (Å²) in [6.07, 6.45) is 1.46. The Balaban J connectivity index is 1.79. The van der Waals surface area contributed by atoms with Crippen LogP contribution in [0.15, 0.2) is 54.7 Å². The zero-order chi connectivity index (χ0) is 20.1. The van der Waals surface area contributed by atoms with Crippen molar-refractivity contribution in [2.45, 2.75) is 6.92 Å². The Kier molecular flexibility index (Phi) is 5.86. The molecule has 0 aliphatic heterocycles. The van der Waals surface area contributed by atoms with E-state index in [9.17, 15) is 9.59 Å². The number of rotatable bonds is 5. The summed E-state index contributed by atoms with van der Waals surface area (Å²) in [5.41, 5.74) is 2.36. The molecular formula is C20H17ClN4O3. The van der Waals surface area contributed by atoms with Gasteiger partial charge in [0.25, 0.3) is 5.91 Å². The Labute approximate surface area is 166 Å².